The molecule has 1 aromatic rings. The fourth-order valence-electron chi connectivity index (χ4n) is 9.09. The van der Waals surface area contributed by atoms with Gasteiger partial charge in [-0.3, -0.25) is 14.3 Å². The summed E-state index contributed by atoms with van der Waals surface area (Å²) in [4.78, 5) is 27.3. The van der Waals surface area contributed by atoms with E-state index in [4.69, 9.17) is 0 Å². The number of rotatable bonds is 4. The van der Waals surface area contributed by atoms with Gasteiger partial charge in [-0.25, -0.2) is 0 Å². The van der Waals surface area contributed by atoms with Crippen LogP contribution in [0.2, 0.25) is 0 Å². The molecule has 0 radical (unpaired) electrons. The van der Waals surface area contributed by atoms with Crippen LogP contribution in [-0.2, 0) is 11.3 Å². The van der Waals surface area contributed by atoms with Crippen molar-refractivity contribution in [1.29, 1.82) is 0 Å². The van der Waals surface area contributed by atoms with Gasteiger partial charge in [0.15, 0.2) is 5.78 Å². The molecule has 8 atom stereocenters. The lowest BCUT2D eigenvalue weighted by Gasteiger charge is -2.61. The van der Waals surface area contributed by atoms with Crippen molar-refractivity contribution in [3.8, 4) is 0 Å². The van der Waals surface area contributed by atoms with E-state index >= 15 is 0 Å². The van der Waals surface area contributed by atoms with Crippen molar-refractivity contribution in [2.45, 2.75) is 85.1 Å². The molecule has 0 spiro atoms. The van der Waals surface area contributed by atoms with Crippen molar-refractivity contribution in [3.05, 3.63) is 18.0 Å². The molecule has 1 heterocycles. The minimum Gasteiger partial charge on any atom is -0.345 e. The minimum atomic E-state index is -0.0684. The number of nitrogens with zero attached hydrogens (tertiary/aromatic N) is 3. The summed E-state index contributed by atoms with van der Waals surface area (Å²) in [6.45, 7) is 7.81. The summed E-state index contributed by atoms with van der Waals surface area (Å²) in [5.41, 5.74) is 1.22. The van der Waals surface area contributed by atoms with Crippen molar-refractivity contribution < 1.29 is 9.59 Å². The molecule has 0 saturated heterocycles. The first-order chi connectivity index (χ1) is 15.6. The third kappa shape index (κ3) is 3.69. The molecule has 4 aliphatic carbocycles. The summed E-state index contributed by atoms with van der Waals surface area (Å²) in [5.74, 6) is 4.58. The average Bonchev–Trinajstić information content (AvgIpc) is 3.37. The van der Waals surface area contributed by atoms with Gasteiger partial charge in [-0.1, -0.05) is 27.2 Å². The standard InChI is InChI=1S/C28H43N3O2/c1-18-10-12-27(2)20(14-18)6-7-21-22-8-9-24(28(22,3)13-11-23(21)27)25(32)17-31-16-19(15-29-31)26(33)30(4)5/h15-16,18,20-24H,6-14,17H2,1-5H3/t18-,20?,21?,22?,23?,24+,27?,28?/m0/s1. The Bertz CT molecular complexity index is 922. The molecular formula is C28H43N3O2. The zero-order valence-electron chi connectivity index (χ0n) is 21.3. The fourth-order valence-corrected chi connectivity index (χ4v) is 9.09. The Hall–Kier alpha value is -1.65. The lowest BCUT2D eigenvalue weighted by molar-refractivity contribution is -0.137. The Morgan fingerprint density at radius 3 is 2.52 bits per heavy atom. The smallest absolute Gasteiger partial charge is 0.256 e. The monoisotopic (exact) mass is 453 g/mol. The summed E-state index contributed by atoms with van der Waals surface area (Å²) in [5, 5.41) is 4.33. The highest BCUT2D eigenvalue weighted by molar-refractivity contribution is 5.93. The predicted molar refractivity (Wildman–Crippen MR) is 130 cm³/mol. The Morgan fingerprint density at radius 2 is 1.76 bits per heavy atom. The Labute approximate surface area is 199 Å². The van der Waals surface area contributed by atoms with Crippen LogP contribution in [0.4, 0.5) is 0 Å². The number of hydrogen-bond acceptors (Lipinski definition) is 3. The first-order valence-corrected chi connectivity index (χ1v) is 13.4. The minimum absolute atomic E-state index is 0.0684. The predicted octanol–water partition coefficient (Wildman–Crippen LogP) is 5.45. The molecule has 5 rings (SSSR count). The molecule has 0 bridgehead atoms. The van der Waals surface area contributed by atoms with E-state index in [1.807, 2.05) is 0 Å². The van der Waals surface area contributed by atoms with Crippen molar-refractivity contribution in [3.63, 3.8) is 0 Å². The van der Waals surface area contributed by atoms with Gasteiger partial charge in [0, 0.05) is 26.2 Å². The molecule has 4 saturated carbocycles. The number of carbonyl (C=O) groups excluding carboxylic acids is 2. The summed E-state index contributed by atoms with van der Waals surface area (Å²) in [6.07, 6.45) is 15.1. The van der Waals surface area contributed by atoms with Crippen molar-refractivity contribution in [2.24, 2.45) is 46.3 Å². The van der Waals surface area contributed by atoms with Gasteiger partial charge in [-0.15, -0.1) is 0 Å². The summed E-state index contributed by atoms with van der Waals surface area (Å²) < 4.78 is 1.68. The van der Waals surface area contributed by atoms with Crippen LogP contribution in [0.1, 0.15) is 88.9 Å². The Morgan fingerprint density at radius 1 is 1.03 bits per heavy atom. The largest absolute Gasteiger partial charge is 0.345 e. The van der Waals surface area contributed by atoms with Gasteiger partial charge in [-0.2, -0.15) is 5.10 Å². The molecule has 1 aromatic heterocycles. The number of fused-ring (bicyclic) bond motifs is 5. The van der Waals surface area contributed by atoms with Crippen LogP contribution >= 0.6 is 0 Å². The zero-order chi connectivity index (χ0) is 23.5. The molecule has 0 aromatic carbocycles. The third-order valence-corrected chi connectivity index (χ3v) is 10.9. The van der Waals surface area contributed by atoms with Gasteiger partial charge in [0.25, 0.3) is 5.91 Å². The van der Waals surface area contributed by atoms with Gasteiger partial charge in [0.05, 0.1) is 18.3 Å². The second-order valence-electron chi connectivity index (χ2n) is 12.8. The highest BCUT2D eigenvalue weighted by Crippen LogP contribution is 2.67. The zero-order valence-corrected chi connectivity index (χ0v) is 21.3. The van der Waals surface area contributed by atoms with Crippen LogP contribution in [0, 0.1) is 46.3 Å². The highest BCUT2D eigenvalue weighted by atomic mass is 16.2. The SMILES string of the molecule is C[C@H]1CCC2(C)C(CCC3C2CCC2(C)C3CC[C@@H]2C(=O)Cn2cc(C(=O)N(C)C)cn2)C1. The van der Waals surface area contributed by atoms with E-state index in [2.05, 4.69) is 25.9 Å². The number of amides is 1. The van der Waals surface area contributed by atoms with Crippen molar-refractivity contribution in [2.75, 3.05) is 14.1 Å². The summed E-state index contributed by atoms with van der Waals surface area (Å²) >= 11 is 0. The van der Waals surface area contributed by atoms with Gasteiger partial charge in [-0.05, 0) is 91.8 Å². The van der Waals surface area contributed by atoms with Crippen LogP contribution in [0.25, 0.3) is 0 Å². The highest BCUT2D eigenvalue weighted by Gasteiger charge is 2.60. The Balaban J connectivity index is 1.30. The van der Waals surface area contributed by atoms with E-state index in [1.165, 1.54) is 51.4 Å². The molecule has 5 nitrogen and oxygen atoms in total. The molecule has 182 valence electrons. The fraction of sp³-hybridized carbons (Fsp3) is 0.821. The molecule has 4 aliphatic rings. The van der Waals surface area contributed by atoms with E-state index in [-0.39, 0.29) is 17.2 Å². The van der Waals surface area contributed by atoms with Crippen LogP contribution < -0.4 is 0 Å². The average molecular weight is 454 g/mol. The van der Waals surface area contributed by atoms with Crippen LogP contribution in [0.15, 0.2) is 12.4 Å². The maximum Gasteiger partial charge on any atom is 0.256 e. The van der Waals surface area contributed by atoms with E-state index < -0.39 is 0 Å². The van der Waals surface area contributed by atoms with Crippen molar-refractivity contribution >= 4 is 11.7 Å². The molecule has 5 heteroatoms. The molecule has 0 aliphatic heterocycles. The lowest BCUT2D eigenvalue weighted by Crippen LogP contribution is -2.53. The maximum absolute atomic E-state index is 13.5. The molecule has 4 fully saturated rings. The summed E-state index contributed by atoms with van der Waals surface area (Å²) in [7, 11) is 3.48. The van der Waals surface area contributed by atoms with Gasteiger partial charge in [0.1, 0.15) is 0 Å². The molecule has 33 heavy (non-hydrogen) atoms. The molecular weight excluding hydrogens is 410 g/mol. The second-order valence-corrected chi connectivity index (χ2v) is 12.8. The van der Waals surface area contributed by atoms with E-state index in [0.717, 1.165) is 30.1 Å². The molecule has 1 amide bonds. The van der Waals surface area contributed by atoms with Gasteiger partial charge >= 0.3 is 0 Å². The number of hydrogen-bond donors (Lipinski definition) is 0. The summed E-state index contributed by atoms with van der Waals surface area (Å²) in [6, 6.07) is 0. The molecule has 6 unspecified atom stereocenters. The van der Waals surface area contributed by atoms with E-state index in [9.17, 15) is 9.59 Å². The number of ketones is 1. The quantitative estimate of drug-likeness (QED) is 0.609. The topological polar surface area (TPSA) is 55.2 Å². The number of Topliss-reactive ketones (excluding diaryl/α,β-unsaturated/α-hetero) is 1. The van der Waals surface area contributed by atoms with Gasteiger partial charge in [0.2, 0.25) is 0 Å². The molecule has 0 N–H and O–H groups in total. The second kappa shape index (κ2) is 8.23. The lowest BCUT2D eigenvalue weighted by atomic mass is 9.44. The van der Waals surface area contributed by atoms with Crippen LogP contribution in [0.5, 0.6) is 0 Å². The first kappa shape index (κ1) is 23.1. The van der Waals surface area contributed by atoms with Crippen molar-refractivity contribution in [1.82, 2.24) is 14.7 Å². The van der Waals surface area contributed by atoms with E-state index in [1.54, 1.807) is 36.1 Å². The Kier molecular flexibility index (Phi) is 5.77. The van der Waals surface area contributed by atoms with Crippen LogP contribution in [0.3, 0.4) is 0 Å². The normalized spacial score (nSPS) is 42.2. The number of carbonyl (C=O) groups is 2. The van der Waals surface area contributed by atoms with E-state index in [0.29, 0.717) is 29.2 Å². The number of aromatic nitrogens is 2. The van der Waals surface area contributed by atoms with Crippen LogP contribution in [-0.4, -0.2) is 40.5 Å². The maximum atomic E-state index is 13.5. The third-order valence-electron chi connectivity index (χ3n) is 10.9. The van der Waals surface area contributed by atoms with Gasteiger partial charge < -0.3 is 4.90 Å². The first-order valence-electron chi connectivity index (χ1n) is 13.4.